The van der Waals surface area contributed by atoms with Gasteiger partial charge in [-0.15, -0.1) is 0 Å². The van der Waals surface area contributed by atoms with Crippen LogP contribution in [0, 0.1) is 5.92 Å². The molecule has 2 aliphatic rings. The van der Waals surface area contributed by atoms with E-state index in [0.29, 0.717) is 25.4 Å². The maximum atomic E-state index is 12.9. The molecule has 0 spiro atoms. The van der Waals surface area contributed by atoms with Gasteiger partial charge in [-0.25, -0.2) is 8.42 Å². The van der Waals surface area contributed by atoms with E-state index in [-0.39, 0.29) is 21.9 Å². The Hall–Kier alpha value is -0.820. The zero-order valence-corrected chi connectivity index (χ0v) is 13.2. The fourth-order valence-electron chi connectivity index (χ4n) is 2.64. The third kappa shape index (κ3) is 3.18. The van der Waals surface area contributed by atoms with Crippen molar-refractivity contribution < 1.29 is 13.2 Å². The van der Waals surface area contributed by atoms with Crippen LogP contribution in [0.1, 0.15) is 19.3 Å². The predicted molar refractivity (Wildman–Crippen MR) is 81.7 cm³/mol. The molecule has 2 fully saturated rings. The minimum atomic E-state index is -3.58. The lowest BCUT2D eigenvalue weighted by Gasteiger charge is -2.25. The van der Waals surface area contributed by atoms with Gasteiger partial charge >= 0.3 is 0 Å². The lowest BCUT2D eigenvalue weighted by Crippen LogP contribution is -2.37. The van der Waals surface area contributed by atoms with Crippen molar-refractivity contribution in [2.45, 2.75) is 30.2 Å². The molecule has 1 saturated carbocycles. The molecular formula is C14H19ClN2O3S. The van der Waals surface area contributed by atoms with Crippen LogP contribution in [0.3, 0.4) is 0 Å². The number of halogens is 1. The molecule has 116 valence electrons. The van der Waals surface area contributed by atoms with E-state index in [1.165, 1.54) is 12.1 Å². The van der Waals surface area contributed by atoms with Gasteiger partial charge in [0.2, 0.25) is 10.0 Å². The summed E-state index contributed by atoms with van der Waals surface area (Å²) in [6.07, 6.45) is 2.74. The molecule has 1 aliphatic heterocycles. The van der Waals surface area contributed by atoms with E-state index in [9.17, 15) is 8.42 Å². The minimum absolute atomic E-state index is 0.101. The zero-order chi connectivity index (χ0) is 15.0. The molecule has 7 heteroatoms. The second-order valence-electron chi connectivity index (χ2n) is 5.73. The second kappa shape index (κ2) is 5.76. The second-order valence-corrected chi connectivity index (χ2v) is 7.99. The molecule has 1 atom stereocenters. The van der Waals surface area contributed by atoms with Gasteiger partial charge in [-0.3, -0.25) is 0 Å². The van der Waals surface area contributed by atoms with E-state index < -0.39 is 10.0 Å². The van der Waals surface area contributed by atoms with Crippen LogP contribution in [0.25, 0.3) is 0 Å². The first-order valence-electron chi connectivity index (χ1n) is 7.13. The smallest absolute Gasteiger partial charge is 0.244 e. The summed E-state index contributed by atoms with van der Waals surface area (Å²) in [5, 5.41) is 0.184. The summed E-state index contributed by atoms with van der Waals surface area (Å²) in [5.74, 6) is 0.271. The molecule has 0 amide bonds. The summed E-state index contributed by atoms with van der Waals surface area (Å²) in [5.41, 5.74) is 6.10. The Bertz CT molecular complexity index is 625. The van der Waals surface area contributed by atoms with E-state index >= 15 is 0 Å². The zero-order valence-electron chi connectivity index (χ0n) is 11.7. The molecule has 1 heterocycles. The molecule has 0 radical (unpaired) electrons. The highest BCUT2D eigenvalue weighted by molar-refractivity contribution is 7.89. The number of hydrogen-bond donors (Lipinski definition) is 1. The van der Waals surface area contributed by atoms with E-state index in [4.69, 9.17) is 22.1 Å². The van der Waals surface area contributed by atoms with Gasteiger partial charge in [-0.1, -0.05) is 11.6 Å². The summed E-state index contributed by atoms with van der Waals surface area (Å²) in [7, 11) is -3.58. The third-order valence-corrected chi connectivity index (χ3v) is 6.36. The third-order valence-electron chi connectivity index (χ3n) is 3.96. The van der Waals surface area contributed by atoms with E-state index in [1.807, 2.05) is 0 Å². The van der Waals surface area contributed by atoms with Gasteiger partial charge in [0.25, 0.3) is 0 Å². The van der Waals surface area contributed by atoms with Crippen LogP contribution in [0.5, 0.6) is 0 Å². The number of nitrogens with two attached hydrogens (primary N) is 1. The Balaban J connectivity index is 1.89. The van der Waals surface area contributed by atoms with Crippen molar-refractivity contribution in [1.29, 1.82) is 0 Å². The summed E-state index contributed by atoms with van der Waals surface area (Å²) >= 11 is 6.09. The molecule has 1 aromatic rings. The largest absolute Gasteiger partial charge is 0.399 e. The normalized spacial score (nSPS) is 22.9. The lowest BCUT2D eigenvalue weighted by atomic mass is 10.1. The maximum absolute atomic E-state index is 12.9. The first-order valence-corrected chi connectivity index (χ1v) is 8.95. The summed E-state index contributed by atoms with van der Waals surface area (Å²) < 4.78 is 32.7. The summed E-state index contributed by atoms with van der Waals surface area (Å²) in [6.45, 7) is 1.85. The number of nitrogen functional groups attached to an aromatic ring is 1. The number of anilines is 1. The number of benzene rings is 1. The maximum Gasteiger partial charge on any atom is 0.244 e. The molecule has 0 aromatic heterocycles. The van der Waals surface area contributed by atoms with Gasteiger partial charge < -0.3 is 10.5 Å². The van der Waals surface area contributed by atoms with Crippen molar-refractivity contribution in [3.05, 3.63) is 23.2 Å². The molecule has 1 unspecified atom stereocenters. The highest BCUT2D eigenvalue weighted by Crippen LogP contribution is 2.36. The molecule has 21 heavy (non-hydrogen) atoms. The van der Waals surface area contributed by atoms with Crippen LogP contribution in [-0.2, 0) is 14.8 Å². The Morgan fingerprint density at radius 2 is 2.10 bits per heavy atom. The fraction of sp³-hybridized carbons (Fsp3) is 0.571. The molecule has 3 rings (SSSR count). The van der Waals surface area contributed by atoms with Crippen LogP contribution in [0.15, 0.2) is 23.1 Å². The van der Waals surface area contributed by atoms with Gasteiger partial charge in [0.15, 0.2) is 0 Å². The number of ether oxygens (including phenoxy) is 1. The average Bonchev–Trinajstić information content (AvgIpc) is 3.11. The van der Waals surface area contributed by atoms with Crippen molar-refractivity contribution in [3.8, 4) is 0 Å². The van der Waals surface area contributed by atoms with Crippen molar-refractivity contribution in [2.75, 3.05) is 25.5 Å². The molecule has 1 aliphatic carbocycles. The monoisotopic (exact) mass is 330 g/mol. The van der Waals surface area contributed by atoms with Gasteiger partial charge in [0.1, 0.15) is 4.90 Å². The van der Waals surface area contributed by atoms with E-state index in [2.05, 4.69) is 0 Å². The van der Waals surface area contributed by atoms with Crippen LogP contribution in [0.4, 0.5) is 5.69 Å². The minimum Gasteiger partial charge on any atom is -0.399 e. The molecule has 1 saturated heterocycles. The SMILES string of the molecule is Nc1ccc(S(=O)(=O)N(CC2CCOC2)C2CC2)c(Cl)c1. The molecular weight excluding hydrogens is 312 g/mol. The van der Waals surface area contributed by atoms with Crippen molar-refractivity contribution >= 4 is 27.3 Å². The van der Waals surface area contributed by atoms with E-state index in [0.717, 1.165) is 19.3 Å². The number of hydrogen-bond acceptors (Lipinski definition) is 4. The van der Waals surface area contributed by atoms with Crippen molar-refractivity contribution in [2.24, 2.45) is 5.92 Å². The number of rotatable bonds is 5. The van der Waals surface area contributed by atoms with Gasteiger partial charge in [-0.05, 0) is 43.4 Å². The quantitative estimate of drug-likeness (QED) is 0.839. The lowest BCUT2D eigenvalue weighted by molar-refractivity contribution is 0.180. The molecule has 2 N–H and O–H groups in total. The molecule has 0 bridgehead atoms. The van der Waals surface area contributed by atoms with Gasteiger partial charge in [-0.2, -0.15) is 4.31 Å². The molecule has 5 nitrogen and oxygen atoms in total. The Morgan fingerprint density at radius 3 is 2.67 bits per heavy atom. The average molecular weight is 331 g/mol. The summed E-state index contributed by atoms with van der Waals surface area (Å²) in [4.78, 5) is 0.143. The van der Waals surface area contributed by atoms with Gasteiger partial charge in [0, 0.05) is 24.9 Å². The first kappa shape index (κ1) is 15.1. The number of nitrogens with zero attached hydrogens (tertiary/aromatic N) is 1. The van der Waals surface area contributed by atoms with Crippen LogP contribution in [-0.4, -0.2) is 38.5 Å². The van der Waals surface area contributed by atoms with Crippen molar-refractivity contribution in [1.82, 2.24) is 4.31 Å². The fourth-order valence-corrected chi connectivity index (χ4v) is 4.93. The standard InChI is InChI=1S/C14H19ClN2O3S/c15-13-7-11(16)1-4-14(13)21(18,19)17(12-2-3-12)8-10-5-6-20-9-10/h1,4,7,10,12H,2-3,5-6,8-9,16H2. The predicted octanol–water partition coefficient (Wildman–Crippen LogP) is 2.11. The Kier molecular flexibility index (Phi) is 4.14. The first-order chi connectivity index (χ1) is 9.98. The van der Waals surface area contributed by atoms with E-state index in [1.54, 1.807) is 10.4 Å². The van der Waals surface area contributed by atoms with Crippen LogP contribution >= 0.6 is 11.6 Å². The highest BCUT2D eigenvalue weighted by Gasteiger charge is 2.40. The molecule has 1 aromatic carbocycles. The Morgan fingerprint density at radius 1 is 1.33 bits per heavy atom. The van der Waals surface area contributed by atoms with Crippen LogP contribution < -0.4 is 5.73 Å². The Labute approximate surface area is 130 Å². The highest BCUT2D eigenvalue weighted by atomic mass is 35.5. The van der Waals surface area contributed by atoms with Crippen molar-refractivity contribution in [3.63, 3.8) is 0 Å². The van der Waals surface area contributed by atoms with Gasteiger partial charge in [0.05, 0.1) is 11.6 Å². The number of sulfonamides is 1. The topological polar surface area (TPSA) is 72.6 Å². The van der Waals surface area contributed by atoms with Crippen LogP contribution in [0.2, 0.25) is 5.02 Å². The summed E-state index contributed by atoms with van der Waals surface area (Å²) in [6, 6.07) is 4.65.